The van der Waals surface area contributed by atoms with E-state index in [2.05, 4.69) is 39.9 Å². The van der Waals surface area contributed by atoms with Crippen molar-refractivity contribution in [1.29, 1.82) is 0 Å². The van der Waals surface area contributed by atoms with E-state index in [9.17, 15) is 4.79 Å². The van der Waals surface area contributed by atoms with Crippen LogP contribution in [0.1, 0.15) is 47.8 Å². The fraction of sp³-hybridized carbons (Fsp3) is 0.524. The maximum absolute atomic E-state index is 11.8. The third-order valence-corrected chi connectivity index (χ3v) is 4.99. The minimum atomic E-state index is -0.0682. The van der Waals surface area contributed by atoms with Crippen molar-refractivity contribution in [3.05, 3.63) is 47.0 Å². The third kappa shape index (κ3) is 6.41. The summed E-state index contributed by atoms with van der Waals surface area (Å²) in [7, 11) is 1.64. The Morgan fingerprint density at radius 1 is 1.33 bits per heavy atom. The molecule has 9 heteroatoms. The molecule has 2 heterocycles. The molecule has 1 aromatic heterocycles. The molecule has 1 aliphatic rings. The highest BCUT2D eigenvalue weighted by Gasteiger charge is 2.22. The van der Waals surface area contributed by atoms with E-state index >= 15 is 0 Å². The zero-order valence-corrected chi connectivity index (χ0v) is 20.3. The average molecular weight is 525 g/mol. The average Bonchev–Trinajstić information content (AvgIpc) is 3.16. The van der Waals surface area contributed by atoms with Crippen LogP contribution in [0.4, 0.5) is 0 Å². The van der Waals surface area contributed by atoms with Gasteiger partial charge in [-0.1, -0.05) is 19.1 Å². The van der Waals surface area contributed by atoms with Crippen LogP contribution in [0.5, 0.6) is 0 Å². The summed E-state index contributed by atoms with van der Waals surface area (Å²) >= 11 is 0. The molecule has 0 saturated heterocycles. The summed E-state index contributed by atoms with van der Waals surface area (Å²) in [5.41, 5.74) is 1.78. The van der Waals surface area contributed by atoms with E-state index < -0.39 is 0 Å². The van der Waals surface area contributed by atoms with Gasteiger partial charge >= 0.3 is 0 Å². The molecule has 1 aliphatic heterocycles. The van der Waals surface area contributed by atoms with Crippen molar-refractivity contribution in [2.45, 2.75) is 52.1 Å². The first-order chi connectivity index (χ1) is 14.1. The molecule has 3 N–H and O–H groups in total. The van der Waals surface area contributed by atoms with Crippen LogP contribution in [0.2, 0.25) is 0 Å². The summed E-state index contributed by atoms with van der Waals surface area (Å²) in [6, 6.07) is 7.97. The molecule has 2 aromatic rings. The molecule has 164 valence electrons. The van der Waals surface area contributed by atoms with Crippen LogP contribution < -0.4 is 16.0 Å². The molecule has 30 heavy (non-hydrogen) atoms. The molecule has 1 aromatic carbocycles. The Kier molecular flexibility index (Phi) is 9.54. The van der Waals surface area contributed by atoms with Crippen molar-refractivity contribution in [1.82, 2.24) is 30.7 Å². The number of fused-ring (bicyclic) bond motifs is 1. The van der Waals surface area contributed by atoms with E-state index in [0.717, 1.165) is 61.9 Å². The number of aromatic nitrogens is 3. The molecule has 0 aliphatic carbocycles. The zero-order valence-electron chi connectivity index (χ0n) is 17.9. The van der Waals surface area contributed by atoms with Crippen molar-refractivity contribution < 1.29 is 4.79 Å². The number of aryl methyl sites for hydroxylation is 2. The molecule has 0 fully saturated rings. The Balaban J connectivity index is 0.00000320. The molecule has 1 amide bonds. The molecule has 1 unspecified atom stereocenters. The number of benzene rings is 1. The normalized spacial score (nSPS) is 15.7. The van der Waals surface area contributed by atoms with Gasteiger partial charge in [-0.05, 0) is 37.5 Å². The van der Waals surface area contributed by atoms with Gasteiger partial charge in [0.25, 0.3) is 5.91 Å². The van der Waals surface area contributed by atoms with Crippen LogP contribution in [0, 0.1) is 0 Å². The van der Waals surface area contributed by atoms with Gasteiger partial charge in [0.1, 0.15) is 5.82 Å². The first kappa shape index (κ1) is 24.1. The van der Waals surface area contributed by atoms with Gasteiger partial charge in [0.15, 0.2) is 11.8 Å². The van der Waals surface area contributed by atoms with E-state index in [1.807, 2.05) is 28.9 Å². The van der Waals surface area contributed by atoms with Crippen LogP contribution in [-0.4, -0.2) is 52.8 Å². The third-order valence-electron chi connectivity index (χ3n) is 4.99. The number of halogens is 1. The van der Waals surface area contributed by atoms with Gasteiger partial charge in [-0.25, -0.2) is 9.67 Å². The molecule has 0 saturated carbocycles. The number of guanidine groups is 1. The number of nitrogens with one attached hydrogen (secondary N) is 3. The predicted octanol–water partition coefficient (Wildman–Crippen LogP) is 1.93. The number of hydrogen-bond donors (Lipinski definition) is 3. The van der Waals surface area contributed by atoms with Gasteiger partial charge in [-0.3, -0.25) is 9.79 Å². The van der Waals surface area contributed by atoms with Gasteiger partial charge < -0.3 is 16.0 Å². The molecular formula is C21H32IN7O. The van der Waals surface area contributed by atoms with E-state index in [0.29, 0.717) is 12.1 Å². The van der Waals surface area contributed by atoms with Gasteiger partial charge in [0, 0.05) is 44.6 Å². The lowest BCUT2D eigenvalue weighted by molar-refractivity contribution is 0.0963. The van der Waals surface area contributed by atoms with E-state index in [4.69, 9.17) is 4.99 Å². The summed E-state index contributed by atoms with van der Waals surface area (Å²) < 4.78 is 2.02. The predicted molar refractivity (Wildman–Crippen MR) is 130 cm³/mol. The number of aliphatic imine (C=N–C) groups is 1. The van der Waals surface area contributed by atoms with Crippen molar-refractivity contribution in [2.75, 3.05) is 20.1 Å². The Labute approximate surface area is 195 Å². The minimum Gasteiger partial charge on any atom is -0.357 e. The lowest BCUT2D eigenvalue weighted by Gasteiger charge is -2.25. The van der Waals surface area contributed by atoms with Crippen molar-refractivity contribution >= 4 is 35.8 Å². The number of carbonyl (C=O) groups is 1. The molecule has 8 nitrogen and oxygen atoms in total. The fourth-order valence-corrected chi connectivity index (χ4v) is 3.45. The Morgan fingerprint density at radius 2 is 2.17 bits per heavy atom. The van der Waals surface area contributed by atoms with Crippen molar-refractivity contribution in [3.8, 4) is 0 Å². The number of hydrogen-bond acceptors (Lipinski definition) is 4. The molecule has 0 bridgehead atoms. The van der Waals surface area contributed by atoms with Gasteiger partial charge in [0.2, 0.25) is 0 Å². The monoisotopic (exact) mass is 525 g/mol. The second kappa shape index (κ2) is 11.9. The maximum Gasteiger partial charge on any atom is 0.251 e. The standard InChI is InChI=1S/C21H31N7O.HI/c1-4-18-26-19-10-9-17(14-28(19)27-18)25-21(23-5-2)24-12-11-15-7-6-8-16(13-15)20(29)22-3;/h6-8,13,17H,4-5,9-12,14H2,1-3H3,(H,22,29)(H2,23,24,25);1H. The maximum atomic E-state index is 11.8. The molecule has 1 atom stereocenters. The van der Waals surface area contributed by atoms with Crippen LogP contribution in [0.15, 0.2) is 29.3 Å². The summed E-state index contributed by atoms with van der Waals surface area (Å²) in [5, 5.41) is 14.1. The van der Waals surface area contributed by atoms with Gasteiger partial charge in [-0.2, -0.15) is 5.10 Å². The SMILES string of the molecule is CCNC(=NCCc1cccc(C(=O)NC)c1)NC1CCc2nc(CC)nn2C1.I. The largest absolute Gasteiger partial charge is 0.357 e. The second-order valence-electron chi connectivity index (χ2n) is 7.15. The van der Waals surface area contributed by atoms with Gasteiger partial charge in [-0.15, -0.1) is 24.0 Å². The van der Waals surface area contributed by atoms with Crippen LogP contribution in [-0.2, 0) is 25.8 Å². The molecule has 0 radical (unpaired) electrons. The minimum absolute atomic E-state index is 0. The second-order valence-corrected chi connectivity index (χ2v) is 7.15. The summed E-state index contributed by atoms with van der Waals surface area (Å²) in [5.74, 6) is 2.75. The molecular weight excluding hydrogens is 493 g/mol. The summed E-state index contributed by atoms with van der Waals surface area (Å²) in [6.07, 6.45) is 3.58. The smallest absolute Gasteiger partial charge is 0.251 e. The number of rotatable bonds is 7. The first-order valence-corrected chi connectivity index (χ1v) is 10.4. The van der Waals surface area contributed by atoms with E-state index in [1.165, 1.54) is 0 Å². The van der Waals surface area contributed by atoms with Crippen molar-refractivity contribution in [3.63, 3.8) is 0 Å². The quantitative estimate of drug-likeness (QED) is 0.292. The van der Waals surface area contributed by atoms with E-state index in [-0.39, 0.29) is 35.9 Å². The van der Waals surface area contributed by atoms with Crippen LogP contribution in [0.25, 0.3) is 0 Å². The van der Waals surface area contributed by atoms with Crippen LogP contribution >= 0.6 is 24.0 Å². The zero-order chi connectivity index (χ0) is 20.6. The highest BCUT2D eigenvalue weighted by molar-refractivity contribution is 14.0. The highest BCUT2D eigenvalue weighted by atomic mass is 127. The van der Waals surface area contributed by atoms with Gasteiger partial charge in [0.05, 0.1) is 6.54 Å². The Bertz CT molecular complexity index is 865. The summed E-state index contributed by atoms with van der Waals surface area (Å²) in [4.78, 5) is 21.1. The molecule has 0 spiro atoms. The first-order valence-electron chi connectivity index (χ1n) is 10.4. The number of amides is 1. The summed E-state index contributed by atoms with van der Waals surface area (Å²) in [6.45, 7) is 6.40. The highest BCUT2D eigenvalue weighted by Crippen LogP contribution is 2.13. The lowest BCUT2D eigenvalue weighted by atomic mass is 10.1. The fourth-order valence-electron chi connectivity index (χ4n) is 3.45. The van der Waals surface area contributed by atoms with Crippen LogP contribution in [0.3, 0.4) is 0 Å². The van der Waals surface area contributed by atoms with Crippen molar-refractivity contribution in [2.24, 2.45) is 4.99 Å². The Hall–Kier alpha value is -2.17. The van der Waals surface area contributed by atoms with E-state index in [1.54, 1.807) is 7.05 Å². The topological polar surface area (TPSA) is 96.2 Å². The number of nitrogens with zero attached hydrogens (tertiary/aromatic N) is 4. The number of carbonyl (C=O) groups excluding carboxylic acids is 1. The Morgan fingerprint density at radius 3 is 2.90 bits per heavy atom. The molecule has 3 rings (SSSR count). The lowest BCUT2D eigenvalue weighted by Crippen LogP contribution is -2.47.